The summed E-state index contributed by atoms with van der Waals surface area (Å²) < 4.78 is 4.52. The number of carbonyl (C=O) groups excluding carboxylic acids is 3. The predicted molar refractivity (Wildman–Crippen MR) is 71.5 cm³/mol. The van der Waals surface area contributed by atoms with Crippen molar-refractivity contribution in [2.24, 2.45) is 0 Å². The minimum atomic E-state index is -0.959. The highest BCUT2D eigenvalue weighted by molar-refractivity contribution is 6.37. The van der Waals surface area contributed by atoms with Crippen LogP contribution in [0.4, 0.5) is 0 Å². The van der Waals surface area contributed by atoms with E-state index in [1.807, 2.05) is 31.2 Å². The summed E-state index contributed by atoms with van der Waals surface area (Å²) in [7, 11) is 0. The van der Waals surface area contributed by atoms with E-state index < -0.39 is 24.0 Å². The number of carbonyl (C=O) groups is 3. The molecule has 0 heterocycles. The third-order valence-electron chi connectivity index (χ3n) is 2.38. The number of hydrogen-bond donors (Lipinski definition) is 0. The summed E-state index contributed by atoms with van der Waals surface area (Å²) >= 11 is 0. The van der Waals surface area contributed by atoms with Crippen LogP contribution < -0.4 is 0 Å². The lowest BCUT2D eigenvalue weighted by atomic mass is 10.1. The lowest BCUT2D eigenvalue weighted by molar-refractivity contribution is -0.154. The number of allylic oxidation sites excluding steroid dienone is 1. The molecular weight excluding hydrogens is 244 g/mol. The van der Waals surface area contributed by atoms with Crippen LogP contribution in [0.25, 0.3) is 6.08 Å². The number of ether oxygens (including phenoxy) is 1. The standard InChI is InChI=1S/C15H16O4/c1-3-19-15(18)14(17)10-13(16)9-8-12-6-4-11(2)5-7-12/h4-9H,3,10H2,1-2H3/b9-8+. The van der Waals surface area contributed by atoms with Crippen LogP contribution in [0.15, 0.2) is 30.3 Å². The van der Waals surface area contributed by atoms with Crippen LogP contribution in [0.5, 0.6) is 0 Å². The molecule has 0 N–H and O–H groups in total. The number of Topliss-reactive ketones (excluding diaryl/α,β-unsaturated/α-hetero) is 1. The quantitative estimate of drug-likeness (QED) is 0.340. The molecule has 0 aromatic heterocycles. The average molecular weight is 260 g/mol. The Morgan fingerprint density at radius 1 is 1.16 bits per heavy atom. The zero-order valence-corrected chi connectivity index (χ0v) is 11.0. The molecule has 0 atom stereocenters. The van der Waals surface area contributed by atoms with E-state index >= 15 is 0 Å². The van der Waals surface area contributed by atoms with E-state index in [4.69, 9.17) is 0 Å². The second kappa shape index (κ2) is 7.26. The van der Waals surface area contributed by atoms with Crippen molar-refractivity contribution in [2.75, 3.05) is 6.61 Å². The molecule has 1 aromatic carbocycles. The van der Waals surface area contributed by atoms with Gasteiger partial charge in [0.25, 0.3) is 0 Å². The number of benzene rings is 1. The van der Waals surface area contributed by atoms with Gasteiger partial charge in [0.15, 0.2) is 5.78 Å². The van der Waals surface area contributed by atoms with Gasteiger partial charge in [-0.05, 0) is 25.5 Å². The molecule has 100 valence electrons. The van der Waals surface area contributed by atoms with E-state index in [1.165, 1.54) is 6.08 Å². The Labute approximate surface area is 112 Å². The summed E-state index contributed by atoms with van der Waals surface area (Å²) in [6, 6.07) is 7.58. The van der Waals surface area contributed by atoms with Gasteiger partial charge in [-0.15, -0.1) is 0 Å². The normalized spacial score (nSPS) is 10.4. The van der Waals surface area contributed by atoms with Crippen LogP contribution in [-0.2, 0) is 19.1 Å². The maximum Gasteiger partial charge on any atom is 0.375 e. The van der Waals surface area contributed by atoms with Crippen molar-refractivity contribution in [1.82, 2.24) is 0 Å². The molecule has 0 aliphatic rings. The first-order valence-corrected chi connectivity index (χ1v) is 6.00. The third kappa shape index (κ3) is 5.29. The van der Waals surface area contributed by atoms with Crippen LogP contribution in [0.1, 0.15) is 24.5 Å². The van der Waals surface area contributed by atoms with Gasteiger partial charge in [0.2, 0.25) is 5.78 Å². The van der Waals surface area contributed by atoms with Gasteiger partial charge in [-0.25, -0.2) is 4.79 Å². The third-order valence-corrected chi connectivity index (χ3v) is 2.38. The van der Waals surface area contributed by atoms with Gasteiger partial charge in [0.05, 0.1) is 13.0 Å². The van der Waals surface area contributed by atoms with Crippen molar-refractivity contribution in [3.05, 3.63) is 41.5 Å². The predicted octanol–water partition coefficient (Wildman–Crippen LogP) is 2.10. The minimum Gasteiger partial charge on any atom is -0.460 e. The molecule has 0 unspecified atom stereocenters. The molecule has 1 rings (SSSR count). The Bertz CT molecular complexity index is 497. The number of ketones is 2. The van der Waals surface area contributed by atoms with Crippen molar-refractivity contribution >= 4 is 23.6 Å². The van der Waals surface area contributed by atoms with Crippen LogP contribution in [-0.4, -0.2) is 24.1 Å². The van der Waals surface area contributed by atoms with Crippen molar-refractivity contribution in [3.63, 3.8) is 0 Å². The van der Waals surface area contributed by atoms with E-state index in [9.17, 15) is 14.4 Å². The van der Waals surface area contributed by atoms with Crippen molar-refractivity contribution in [1.29, 1.82) is 0 Å². The fourth-order valence-electron chi connectivity index (χ4n) is 1.37. The highest BCUT2D eigenvalue weighted by Gasteiger charge is 2.17. The summed E-state index contributed by atoms with van der Waals surface area (Å²) in [5.41, 5.74) is 1.99. The summed E-state index contributed by atoms with van der Waals surface area (Å²) in [6.07, 6.45) is 2.45. The minimum absolute atomic E-state index is 0.123. The fourth-order valence-corrected chi connectivity index (χ4v) is 1.37. The first-order valence-electron chi connectivity index (χ1n) is 6.00. The largest absolute Gasteiger partial charge is 0.460 e. The molecule has 4 nitrogen and oxygen atoms in total. The molecule has 19 heavy (non-hydrogen) atoms. The molecule has 0 aliphatic carbocycles. The van der Waals surface area contributed by atoms with Crippen LogP contribution in [0.2, 0.25) is 0 Å². The Kier molecular flexibility index (Phi) is 5.67. The molecule has 0 bridgehead atoms. The summed E-state index contributed by atoms with van der Waals surface area (Å²) in [4.78, 5) is 33.8. The Morgan fingerprint density at radius 2 is 1.79 bits per heavy atom. The van der Waals surface area contributed by atoms with Gasteiger partial charge < -0.3 is 4.74 Å². The Balaban J connectivity index is 2.53. The van der Waals surface area contributed by atoms with Gasteiger partial charge in [0, 0.05) is 0 Å². The number of aryl methyl sites for hydroxylation is 1. The number of esters is 1. The fraction of sp³-hybridized carbons (Fsp3) is 0.267. The van der Waals surface area contributed by atoms with Gasteiger partial charge >= 0.3 is 5.97 Å². The zero-order chi connectivity index (χ0) is 14.3. The molecule has 0 saturated carbocycles. The molecule has 1 aromatic rings. The first kappa shape index (κ1) is 14.8. The molecular formula is C15H16O4. The van der Waals surface area contributed by atoms with Crippen molar-refractivity contribution in [2.45, 2.75) is 20.3 Å². The second-order valence-electron chi connectivity index (χ2n) is 4.03. The summed E-state index contributed by atoms with van der Waals surface area (Å²) in [5, 5.41) is 0. The lowest BCUT2D eigenvalue weighted by Gasteiger charge is -1.98. The number of rotatable bonds is 6. The van der Waals surface area contributed by atoms with Gasteiger partial charge in [-0.2, -0.15) is 0 Å². The highest BCUT2D eigenvalue weighted by Crippen LogP contribution is 2.05. The van der Waals surface area contributed by atoms with E-state index in [0.29, 0.717) is 0 Å². The topological polar surface area (TPSA) is 60.4 Å². The summed E-state index contributed by atoms with van der Waals surface area (Å²) in [5.74, 6) is -2.20. The highest BCUT2D eigenvalue weighted by atomic mass is 16.5. The first-order chi connectivity index (χ1) is 9.02. The van der Waals surface area contributed by atoms with Crippen LogP contribution in [0, 0.1) is 6.92 Å². The number of hydrogen-bond acceptors (Lipinski definition) is 4. The molecule has 0 spiro atoms. The van der Waals surface area contributed by atoms with Gasteiger partial charge in [-0.3, -0.25) is 9.59 Å². The van der Waals surface area contributed by atoms with Crippen molar-refractivity contribution < 1.29 is 19.1 Å². The second-order valence-corrected chi connectivity index (χ2v) is 4.03. The van der Waals surface area contributed by atoms with Crippen molar-refractivity contribution in [3.8, 4) is 0 Å². The Hall–Kier alpha value is -2.23. The Morgan fingerprint density at radius 3 is 2.37 bits per heavy atom. The summed E-state index contributed by atoms with van der Waals surface area (Å²) in [6.45, 7) is 3.69. The lowest BCUT2D eigenvalue weighted by Crippen LogP contribution is -2.19. The monoisotopic (exact) mass is 260 g/mol. The molecule has 0 saturated heterocycles. The molecule has 0 fully saturated rings. The van der Waals surface area contributed by atoms with E-state index in [-0.39, 0.29) is 6.61 Å². The SMILES string of the molecule is CCOC(=O)C(=O)CC(=O)/C=C/c1ccc(C)cc1. The smallest absolute Gasteiger partial charge is 0.375 e. The maximum atomic E-state index is 11.5. The van der Waals surface area contributed by atoms with E-state index in [2.05, 4.69) is 4.74 Å². The van der Waals surface area contributed by atoms with Gasteiger partial charge in [0.1, 0.15) is 0 Å². The van der Waals surface area contributed by atoms with E-state index in [1.54, 1.807) is 13.0 Å². The molecule has 0 amide bonds. The maximum absolute atomic E-state index is 11.5. The zero-order valence-electron chi connectivity index (χ0n) is 11.0. The van der Waals surface area contributed by atoms with E-state index in [0.717, 1.165) is 11.1 Å². The van der Waals surface area contributed by atoms with Crippen LogP contribution >= 0.6 is 0 Å². The molecule has 4 heteroatoms. The van der Waals surface area contributed by atoms with Gasteiger partial charge in [-0.1, -0.05) is 35.9 Å². The van der Waals surface area contributed by atoms with Crippen LogP contribution in [0.3, 0.4) is 0 Å². The molecule has 0 aliphatic heterocycles. The molecule has 0 radical (unpaired) electrons. The average Bonchev–Trinajstić information content (AvgIpc) is 2.38.